The van der Waals surface area contributed by atoms with Gasteiger partial charge >= 0.3 is 0 Å². The van der Waals surface area contributed by atoms with Crippen LogP contribution >= 0.6 is 15.9 Å². The molecule has 21 heavy (non-hydrogen) atoms. The lowest BCUT2D eigenvalue weighted by molar-refractivity contribution is 0.334. The summed E-state index contributed by atoms with van der Waals surface area (Å²) in [5.74, 6) is 1.70. The first kappa shape index (κ1) is 15.9. The Morgan fingerprint density at radius 1 is 1.14 bits per heavy atom. The Kier molecular flexibility index (Phi) is 5.65. The SMILES string of the molecule is CCOc1ccccc1C(N)Cc1cc(Br)ccc1OC. The monoisotopic (exact) mass is 349 g/mol. The van der Waals surface area contributed by atoms with Crippen molar-refractivity contribution in [1.29, 1.82) is 0 Å². The lowest BCUT2D eigenvalue weighted by Crippen LogP contribution is -2.15. The van der Waals surface area contributed by atoms with Gasteiger partial charge in [0.1, 0.15) is 11.5 Å². The minimum absolute atomic E-state index is 0.143. The molecule has 0 saturated carbocycles. The normalized spacial score (nSPS) is 12.0. The summed E-state index contributed by atoms with van der Waals surface area (Å²) in [6.07, 6.45) is 0.687. The van der Waals surface area contributed by atoms with Crippen LogP contribution in [0.5, 0.6) is 11.5 Å². The van der Waals surface area contributed by atoms with Crippen LogP contribution in [0.3, 0.4) is 0 Å². The fraction of sp³-hybridized carbons (Fsp3) is 0.294. The summed E-state index contributed by atoms with van der Waals surface area (Å²) in [4.78, 5) is 0. The van der Waals surface area contributed by atoms with Gasteiger partial charge < -0.3 is 15.2 Å². The van der Waals surface area contributed by atoms with Gasteiger partial charge in [-0.05, 0) is 43.2 Å². The molecule has 0 aliphatic carbocycles. The summed E-state index contributed by atoms with van der Waals surface area (Å²) < 4.78 is 12.1. The van der Waals surface area contributed by atoms with Gasteiger partial charge in [-0.1, -0.05) is 34.1 Å². The van der Waals surface area contributed by atoms with E-state index in [0.29, 0.717) is 13.0 Å². The van der Waals surface area contributed by atoms with Crippen molar-refractivity contribution in [2.75, 3.05) is 13.7 Å². The lowest BCUT2D eigenvalue weighted by Gasteiger charge is -2.18. The number of rotatable bonds is 6. The van der Waals surface area contributed by atoms with E-state index in [4.69, 9.17) is 15.2 Å². The number of ether oxygens (including phenoxy) is 2. The number of halogens is 1. The predicted molar refractivity (Wildman–Crippen MR) is 88.9 cm³/mol. The summed E-state index contributed by atoms with van der Waals surface area (Å²) in [6, 6.07) is 13.7. The predicted octanol–water partition coefficient (Wildman–Crippen LogP) is 4.10. The molecule has 2 rings (SSSR count). The standard InChI is InChI=1S/C17H20BrNO2/c1-3-21-17-7-5-4-6-14(17)15(19)11-12-10-13(18)8-9-16(12)20-2/h4-10,15H,3,11,19H2,1-2H3. The molecule has 0 radical (unpaired) electrons. The van der Waals surface area contributed by atoms with E-state index in [-0.39, 0.29) is 6.04 Å². The molecule has 0 aromatic heterocycles. The van der Waals surface area contributed by atoms with E-state index >= 15 is 0 Å². The summed E-state index contributed by atoms with van der Waals surface area (Å²) in [5.41, 5.74) is 8.47. The van der Waals surface area contributed by atoms with Gasteiger partial charge in [0, 0.05) is 16.1 Å². The molecule has 3 nitrogen and oxygen atoms in total. The van der Waals surface area contributed by atoms with E-state index < -0.39 is 0 Å². The third-order valence-electron chi connectivity index (χ3n) is 3.30. The average Bonchev–Trinajstić information content (AvgIpc) is 2.48. The lowest BCUT2D eigenvalue weighted by atomic mass is 9.98. The molecule has 0 bridgehead atoms. The Morgan fingerprint density at radius 2 is 1.90 bits per heavy atom. The van der Waals surface area contributed by atoms with Gasteiger partial charge in [0.05, 0.1) is 13.7 Å². The molecule has 0 aliphatic heterocycles. The fourth-order valence-corrected chi connectivity index (χ4v) is 2.74. The van der Waals surface area contributed by atoms with E-state index in [0.717, 1.165) is 27.1 Å². The number of benzene rings is 2. The molecule has 4 heteroatoms. The van der Waals surface area contributed by atoms with Gasteiger partial charge in [0.15, 0.2) is 0 Å². The molecule has 0 fully saturated rings. The highest BCUT2D eigenvalue weighted by atomic mass is 79.9. The highest BCUT2D eigenvalue weighted by Gasteiger charge is 2.15. The van der Waals surface area contributed by atoms with Crippen LogP contribution < -0.4 is 15.2 Å². The molecule has 0 saturated heterocycles. The van der Waals surface area contributed by atoms with Crippen LogP contribution in [0.4, 0.5) is 0 Å². The number of nitrogens with two attached hydrogens (primary N) is 1. The topological polar surface area (TPSA) is 44.5 Å². The number of hydrogen-bond acceptors (Lipinski definition) is 3. The van der Waals surface area contributed by atoms with Crippen molar-refractivity contribution in [3.8, 4) is 11.5 Å². The number of methoxy groups -OCH3 is 1. The van der Waals surface area contributed by atoms with Gasteiger partial charge in [-0.2, -0.15) is 0 Å². The van der Waals surface area contributed by atoms with Crippen molar-refractivity contribution in [3.05, 3.63) is 58.1 Å². The minimum atomic E-state index is -0.143. The summed E-state index contributed by atoms with van der Waals surface area (Å²) in [5, 5.41) is 0. The Morgan fingerprint density at radius 3 is 2.62 bits per heavy atom. The number of hydrogen-bond donors (Lipinski definition) is 1. The van der Waals surface area contributed by atoms with Gasteiger partial charge in [-0.25, -0.2) is 0 Å². The molecular weight excluding hydrogens is 330 g/mol. The maximum absolute atomic E-state index is 6.38. The van der Waals surface area contributed by atoms with Crippen LogP contribution in [0.15, 0.2) is 46.9 Å². The zero-order valence-corrected chi connectivity index (χ0v) is 13.9. The molecule has 0 aliphatic rings. The van der Waals surface area contributed by atoms with Crippen molar-refractivity contribution >= 4 is 15.9 Å². The van der Waals surface area contributed by atoms with Crippen molar-refractivity contribution in [1.82, 2.24) is 0 Å². The van der Waals surface area contributed by atoms with Crippen LogP contribution in [-0.4, -0.2) is 13.7 Å². The van der Waals surface area contributed by atoms with Crippen LogP contribution in [0.1, 0.15) is 24.1 Å². The summed E-state index contributed by atoms with van der Waals surface area (Å²) in [7, 11) is 1.67. The second kappa shape index (κ2) is 7.48. The maximum Gasteiger partial charge on any atom is 0.124 e. The molecule has 1 unspecified atom stereocenters. The van der Waals surface area contributed by atoms with Crippen LogP contribution in [0.25, 0.3) is 0 Å². The van der Waals surface area contributed by atoms with Crippen molar-refractivity contribution in [3.63, 3.8) is 0 Å². The molecule has 2 aromatic rings. The average molecular weight is 350 g/mol. The second-order valence-corrected chi connectivity index (χ2v) is 5.65. The fourth-order valence-electron chi connectivity index (χ4n) is 2.33. The molecule has 1 atom stereocenters. The molecule has 2 aromatic carbocycles. The molecule has 0 amide bonds. The van der Waals surface area contributed by atoms with Crippen molar-refractivity contribution < 1.29 is 9.47 Å². The summed E-state index contributed by atoms with van der Waals surface area (Å²) >= 11 is 3.49. The van der Waals surface area contributed by atoms with Gasteiger partial charge in [0.25, 0.3) is 0 Å². The molecule has 2 N–H and O–H groups in total. The van der Waals surface area contributed by atoms with Crippen molar-refractivity contribution in [2.45, 2.75) is 19.4 Å². The molecule has 0 spiro atoms. The zero-order chi connectivity index (χ0) is 15.2. The molecule has 112 valence electrons. The van der Waals surface area contributed by atoms with E-state index in [1.807, 2.05) is 49.4 Å². The first-order valence-electron chi connectivity index (χ1n) is 6.95. The van der Waals surface area contributed by atoms with E-state index in [1.54, 1.807) is 7.11 Å². The third kappa shape index (κ3) is 3.99. The van der Waals surface area contributed by atoms with Gasteiger partial charge in [-0.15, -0.1) is 0 Å². The van der Waals surface area contributed by atoms with Gasteiger partial charge in [-0.3, -0.25) is 0 Å². The second-order valence-electron chi connectivity index (χ2n) is 4.74. The van der Waals surface area contributed by atoms with Crippen LogP contribution in [-0.2, 0) is 6.42 Å². The Bertz CT molecular complexity index is 601. The van der Waals surface area contributed by atoms with Crippen LogP contribution in [0.2, 0.25) is 0 Å². The van der Waals surface area contributed by atoms with Crippen molar-refractivity contribution in [2.24, 2.45) is 5.73 Å². The molecule has 0 heterocycles. The minimum Gasteiger partial charge on any atom is -0.496 e. The Balaban J connectivity index is 2.26. The van der Waals surface area contributed by atoms with E-state index in [1.165, 1.54) is 0 Å². The Hall–Kier alpha value is -1.52. The summed E-state index contributed by atoms with van der Waals surface area (Å²) in [6.45, 7) is 2.60. The molecular formula is C17H20BrNO2. The third-order valence-corrected chi connectivity index (χ3v) is 3.79. The van der Waals surface area contributed by atoms with E-state index in [2.05, 4.69) is 15.9 Å². The first-order valence-corrected chi connectivity index (χ1v) is 7.74. The zero-order valence-electron chi connectivity index (χ0n) is 12.3. The number of para-hydroxylation sites is 1. The highest BCUT2D eigenvalue weighted by molar-refractivity contribution is 9.10. The quantitative estimate of drug-likeness (QED) is 0.853. The maximum atomic E-state index is 6.38. The largest absolute Gasteiger partial charge is 0.496 e. The van der Waals surface area contributed by atoms with Gasteiger partial charge in [0.2, 0.25) is 0 Å². The van der Waals surface area contributed by atoms with Crippen LogP contribution in [0, 0.1) is 0 Å². The Labute approximate surface area is 134 Å². The highest BCUT2D eigenvalue weighted by Crippen LogP contribution is 2.30. The first-order chi connectivity index (χ1) is 10.2. The smallest absolute Gasteiger partial charge is 0.124 e. The van der Waals surface area contributed by atoms with E-state index in [9.17, 15) is 0 Å².